The average Bonchev–Trinajstić information content (AvgIpc) is 2.37. The van der Waals surface area contributed by atoms with Gasteiger partial charge in [0.2, 0.25) is 5.91 Å². The van der Waals surface area contributed by atoms with Gasteiger partial charge in [0.25, 0.3) is 0 Å². The molecule has 1 unspecified atom stereocenters. The quantitative estimate of drug-likeness (QED) is 0.767. The van der Waals surface area contributed by atoms with Crippen LogP contribution >= 0.6 is 0 Å². The lowest BCUT2D eigenvalue weighted by atomic mass is 10.1. The number of hydrogen-bond donors (Lipinski definition) is 2. The highest BCUT2D eigenvalue weighted by atomic mass is 16.4. The van der Waals surface area contributed by atoms with Crippen LogP contribution in [0.1, 0.15) is 43.7 Å². The van der Waals surface area contributed by atoms with Crippen LogP contribution in [-0.4, -0.2) is 23.0 Å². The first-order chi connectivity index (χ1) is 9.47. The third kappa shape index (κ3) is 6.92. The Labute approximate surface area is 120 Å². The van der Waals surface area contributed by atoms with E-state index in [-0.39, 0.29) is 18.4 Å². The van der Waals surface area contributed by atoms with Gasteiger partial charge in [-0.1, -0.05) is 29.8 Å². The molecule has 0 aliphatic heterocycles. The summed E-state index contributed by atoms with van der Waals surface area (Å²) in [4.78, 5) is 22.2. The van der Waals surface area contributed by atoms with Crippen molar-refractivity contribution in [1.29, 1.82) is 0 Å². The summed E-state index contributed by atoms with van der Waals surface area (Å²) in [5.74, 6) is -0.767. The third-order valence-electron chi connectivity index (χ3n) is 3.20. The maximum atomic E-state index is 11.8. The molecule has 0 aliphatic carbocycles. The molecular weight excluding hydrogens is 254 g/mol. The van der Waals surface area contributed by atoms with Gasteiger partial charge in [0, 0.05) is 18.9 Å². The van der Waals surface area contributed by atoms with E-state index in [0.717, 1.165) is 12.0 Å². The predicted molar refractivity (Wildman–Crippen MR) is 78.6 cm³/mol. The van der Waals surface area contributed by atoms with Crippen LogP contribution in [0.15, 0.2) is 24.3 Å². The van der Waals surface area contributed by atoms with E-state index in [0.29, 0.717) is 19.3 Å². The van der Waals surface area contributed by atoms with Gasteiger partial charge in [0.15, 0.2) is 0 Å². The number of aliphatic carboxylic acids is 1. The minimum atomic E-state index is -0.789. The zero-order valence-corrected chi connectivity index (χ0v) is 12.2. The summed E-state index contributed by atoms with van der Waals surface area (Å²) in [5.41, 5.74) is 2.37. The Balaban J connectivity index is 2.22. The maximum Gasteiger partial charge on any atom is 0.303 e. The molecule has 0 saturated carbocycles. The summed E-state index contributed by atoms with van der Waals surface area (Å²) >= 11 is 0. The normalized spacial score (nSPS) is 11.9. The number of hydrogen-bond acceptors (Lipinski definition) is 2. The van der Waals surface area contributed by atoms with E-state index in [1.807, 2.05) is 38.1 Å². The van der Waals surface area contributed by atoms with Crippen LogP contribution in [0.25, 0.3) is 0 Å². The Kier molecular flexibility index (Phi) is 6.77. The minimum absolute atomic E-state index is 0.0217. The van der Waals surface area contributed by atoms with Crippen LogP contribution < -0.4 is 5.32 Å². The zero-order valence-electron chi connectivity index (χ0n) is 12.2. The second kappa shape index (κ2) is 8.35. The van der Waals surface area contributed by atoms with Crippen molar-refractivity contribution in [3.63, 3.8) is 0 Å². The maximum absolute atomic E-state index is 11.8. The fourth-order valence-electron chi connectivity index (χ4n) is 1.99. The van der Waals surface area contributed by atoms with E-state index in [2.05, 4.69) is 5.32 Å². The summed E-state index contributed by atoms with van der Waals surface area (Å²) in [6, 6.07) is 8.20. The zero-order chi connectivity index (χ0) is 15.0. The molecule has 0 heterocycles. The number of rotatable bonds is 8. The van der Waals surface area contributed by atoms with E-state index >= 15 is 0 Å². The van der Waals surface area contributed by atoms with Gasteiger partial charge < -0.3 is 10.4 Å². The van der Waals surface area contributed by atoms with E-state index in [1.54, 1.807) is 0 Å². The van der Waals surface area contributed by atoms with E-state index in [9.17, 15) is 9.59 Å². The highest BCUT2D eigenvalue weighted by Crippen LogP contribution is 2.06. The van der Waals surface area contributed by atoms with Gasteiger partial charge in [-0.2, -0.15) is 0 Å². The topological polar surface area (TPSA) is 66.4 Å². The summed E-state index contributed by atoms with van der Waals surface area (Å²) in [5, 5.41) is 11.5. The molecule has 0 spiro atoms. The minimum Gasteiger partial charge on any atom is -0.481 e. The fourth-order valence-corrected chi connectivity index (χ4v) is 1.99. The second-order valence-corrected chi connectivity index (χ2v) is 5.24. The summed E-state index contributed by atoms with van der Waals surface area (Å²) in [6.07, 6.45) is 2.64. The fraction of sp³-hybridized carbons (Fsp3) is 0.500. The summed E-state index contributed by atoms with van der Waals surface area (Å²) in [7, 11) is 0. The van der Waals surface area contributed by atoms with Crippen molar-refractivity contribution in [1.82, 2.24) is 5.32 Å². The number of carbonyl (C=O) groups is 2. The first kappa shape index (κ1) is 16.2. The van der Waals surface area contributed by atoms with E-state index in [1.165, 1.54) is 5.56 Å². The van der Waals surface area contributed by atoms with Crippen molar-refractivity contribution in [2.75, 3.05) is 0 Å². The second-order valence-electron chi connectivity index (χ2n) is 5.24. The first-order valence-electron chi connectivity index (χ1n) is 7.04. The third-order valence-corrected chi connectivity index (χ3v) is 3.20. The Bertz CT molecular complexity index is 440. The van der Waals surface area contributed by atoms with Crippen LogP contribution in [0, 0.1) is 6.92 Å². The van der Waals surface area contributed by atoms with Gasteiger partial charge in [-0.15, -0.1) is 0 Å². The molecule has 1 aromatic rings. The molecule has 4 nitrogen and oxygen atoms in total. The molecule has 0 fully saturated rings. The van der Waals surface area contributed by atoms with Gasteiger partial charge in [-0.3, -0.25) is 9.59 Å². The Hall–Kier alpha value is -1.84. The Morgan fingerprint density at radius 1 is 1.20 bits per heavy atom. The molecule has 1 atom stereocenters. The van der Waals surface area contributed by atoms with E-state index in [4.69, 9.17) is 5.11 Å². The van der Waals surface area contributed by atoms with Crippen LogP contribution in [0.4, 0.5) is 0 Å². The standard InChI is InChI=1S/C16H23NO3/c1-12-6-8-14(9-7-12)10-11-15(18)17-13(2)4-3-5-16(19)20/h6-9,13H,3-5,10-11H2,1-2H3,(H,17,18)(H,19,20). The lowest BCUT2D eigenvalue weighted by Gasteiger charge is -2.13. The van der Waals surface area contributed by atoms with Crippen LogP contribution in [0.2, 0.25) is 0 Å². The van der Waals surface area contributed by atoms with Crippen LogP contribution in [0.3, 0.4) is 0 Å². The van der Waals surface area contributed by atoms with Gasteiger partial charge >= 0.3 is 5.97 Å². The first-order valence-corrected chi connectivity index (χ1v) is 7.04. The molecule has 2 N–H and O–H groups in total. The van der Waals surface area contributed by atoms with Gasteiger partial charge in [0.05, 0.1) is 0 Å². The SMILES string of the molecule is Cc1ccc(CCC(=O)NC(C)CCCC(=O)O)cc1. The van der Waals surface area contributed by atoms with Crippen molar-refractivity contribution < 1.29 is 14.7 Å². The Morgan fingerprint density at radius 2 is 1.85 bits per heavy atom. The molecule has 0 aliphatic rings. The molecule has 4 heteroatoms. The number of carbonyl (C=O) groups excluding carboxylic acids is 1. The number of aryl methyl sites for hydroxylation is 2. The van der Waals surface area contributed by atoms with Crippen LogP contribution in [0.5, 0.6) is 0 Å². The number of benzene rings is 1. The molecule has 1 aromatic carbocycles. The lowest BCUT2D eigenvalue weighted by Crippen LogP contribution is -2.32. The molecule has 110 valence electrons. The van der Waals surface area contributed by atoms with Crippen LogP contribution in [-0.2, 0) is 16.0 Å². The van der Waals surface area contributed by atoms with Gasteiger partial charge in [-0.25, -0.2) is 0 Å². The molecule has 0 radical (unpaired) electrons. The number of carboxylic acid groups (broad SMARTS) is 1. The van der Waals surface area contributed by atoms with Crippen molar-refractivity contribution >= 4 is 11.9 Å². The van der Waals surface area contributed by atoms with Gasteiger partial charge in [-0.05, 0) is 38.7 Å². The highest BCUT2D eigenvalue weighted by molar-refractivity contribution is 5.76. The van der Waals surface area contributed by atoms with Gasteiger partial charge in [0.1, 0.15) is 0 Å². The van der Waals surface area contributed by atoms with Crippen molar-refractivity contribution in [3.05, 3.63) is 35.4 Å². The summed E-state index contributed by atoms with van der Waals surface area (Å²) < 4.78 is 0. The highest BCUT2D eigenvalue weighted by Gasteiger charge is 2.08. The van der Waals surface area contributed by atoms with Crippen molar-refractivity contribution in [3.8, 4) is 0 Å². The molecule has 1 rings (SSSR count). The molecule has 0 aromatic heterocycles. The molecule has 0 bridgehead atoms. The number of nitrogens with one attached hydrogen (secondary N) is 1. The average molecular weight is 277 g/mol. The molecule has 20 heavy (non-hydrogen) atoms. The predicted octanol–water partition coefficient (Wildman–Crippen LogP) is 2.69. The smallest absolute Gasteiger partial charge is 0.303 e. The largest absolute Gasteiger partial charge is 0.481 e. The summed E-state index contributed by atoms with van der Waals surface area (Å²) in [6.45, 7) is 3.95. The van der Waals surface area contributed by atoms with Crippen molar-refractivity contribution in [2.45, 2.75) is 52.0 Å². The molecular formula is C16H23NO3. The Morgan fingerprint density at radius 3 is 2.45 bits per heavy atom. The molecule has 0 saturated heterocycles. The van der Waals surface area contributed by atoms with Crippen molar-refractivity contribution in [2.24, 2.45) is 0 Å². The molecule has 1 amide bonds. The number of carboxylic acids is 1. The lowest BCUT2D eigenvalue weighted by molar-refractivity contribution is -0.137. The number of amides is 1. The monoisotopic (exact) mass is 277 g/mol. The van der Waals surface area contributed by atoms with E-state index < -0.39 is 5.97 Å².